The number of fused-ring (bicyclic) bond motifs is 1. The van der Waals surface area contributed by atoms with Crippen molar-refractivity contribution in [1.29, 1.82) is 0 Å². The van der Waals surface area contributed by atoms with Gasteiger partial charge in [-0.1, -0.05) is 0 Å². The van der Waals surface area contributed by atoms with Crippen LogP contribution in [0.3, 0.4) is 0 Å². The number of hydrogen-bond donors (Lipinski definition) is 1. The van der Waals surface area contributed by atoms with Gasteiger partial charge in [0.15, 0.2) is 11.6 Å². The van der Waals surface area contributed by atoms with E-state index in [-0.39, 0.29) is 22.3 Å². The first-order valence-electron chi connectivity index (χ1n) is 5.80. The molecule has 0 amide bonds. The molecule has 1 aliphatic rings. The van der Waals surface area contributed by atoms with Gasteiger partial charge in [-0.05, 0) is 36.4 Å². The lowest BCUT2D eigenvalue weighted by Crippen LogP contribution is -2.00. The molecular formula is C15H8O5. The van der Waals surface area contributed by atoms with Gasteiger partial charge in [0, 0.05) is 11.1 Å². The number of benzene rings is 1. The minimum Gasteiger partial charge on any atom is -0.478 e. The van der Waals surface area contributed by atoms with E-state index in [0.29, 0.717) is 5.76 Å². The average molecular weight is 268 g/mol. The molecule has 0 radical (unpaired) electrons. The number of ketones is 2. The molecule has 0 aliphatic heterocycles. The van der Waals surface area contributed by atoms with Gasteiger partial charge in [0.25, 0.3) is 0 Å². The molecule has 0 spiro atoms. The maximum absolute atomic E-state index is 12.2. The molecule has 98 valence electrons. The van der Waals surface area contributed by atoms with Crippen LogP contribution in [-0.4, -0.2) is 22.6 Å². The highest BCUT2D eigenvalue weighted by atomic mass is 16.4. The second kappa shape index (κ2) is 4.31. The molecule has 0 saturated carbocycles. The van der Waals surface area contributed by atoms with E-state index in [1.165, 1.54) is 30.5 Å². The molecule has 0 saturated heterocycles. The van der Waals surface area contributed by atoms with Gasteiger partial charge in [0.2, 0.25) is 0 Å². The van der Waals surface area contributed by atoms with Gasteiger partial charge in [-0.15, -0.1) is 0 Å². The molecule has 1 aromatic heterocycles. The molecule has 20 heavy (non-hydrogen) atoms. The van der Waals surface area contributed by atoms with Gasteiger partial charge in [-0.3, -0.25) is 9.59 Å². The van der Waals surface area contributed by atoms with Crippen LogP contribution in [0.5, 0.6) is 0 Å². The van der Waals surface area contributed by atoms with Crippen molar-refractivity contribution in [2.75, 3.05) is 0 Å². The smallest absolute Gasteiger partial charge is 0.335 e. The van der Waals surface area contributed by atoms with Crippen molar-refractivity contribution in [2.45, 2.75) is 0 Å². The molecule has 0 bridgehead atoms. The number of carboxylic acids is 1. The SMILES string of the molecule is O=C(O)c1ccc2c(c1)C(=O)/C(=C/c1ccco1)C2=O. The highest BCUT2D eigenvalue weighted by molar-refractivity contribution is 6.41. The Bertz CT molecular complexity index is 766. The van der Waals surface area contributed by atoms with E-state index >= 15 is 0 Å². The summed E-state index contributed by atoms with van der Waals surface area (Å²) < 4.78 is 5.08. The predicted molar refractivity (Wildman–Crippen MR) is 68.7 cm³/mol. The molecule has 0 atom stereocenters. The van der Waals surface area contributed by atoms with Gasteiger partial charge < -0.3 is 9.52 Å². The summed E-state index contributed by atoms with van der Waals surface area (Å²) in [6, 6.07) is 7.16. The highest BCUT2D eigenvalue weighted by Gasteiger charge is 2.33. The number of furan rings is 1. The summed E-state index contributed by atoms with van der Waals surface area (Å²) in [5.41, 5.74) is 0.298. The lowest BCUT2D eigenvalue weighted by Gasteiger charge is -1.97. The topological polar surface area (TPSA) is 84.6 Å². The zero-order valence-corrected chi connectivity index (χ0v) is 10.1. The van der Waals surface area contributed by atoms with Gasteiger partial charge >= 0.3 is 5.97 Å². The predicted octanol–water partition coefficient (Wildman–Crippen LogP) is 2.44. The Labute approximate surface area is 113 Å². The van der Waals surface area contributed by atoms with Crippen LogP contribution in [0.4, 0.5) is 0 Å². The summed E-state index contributed by atoms with van der Waals surface area (Å²) in [4.78, 5) is 35.2. The fourth-order valence-corrected chi connectivity index (χ4v) is 2.10. The van der Waals surface area contributed by atoms with E-state index in [9.17, 15) is 14.4 Å². The lowest BCUT2D eigenvalue weighted by atomic mass is 10.1. The van der Waals surface area contributed by atoms with Crippen LogP contribution in [0.1, 0.15) is 36.8 Å². The van der Waals surface area contributed by atoms with Crippen LogP contribution in [-0.2, 0) is 0 Å². The Kier molecular flexibility index (Phi) is 2.61. The summed E-state index contributed by atoms with van der Waals surface area (Å²) in [5.74, 6) is -1.65. The van der Waals surface area contributed by atoms with Gasteiger partial charge in [0.05, 0.1) is 17.4 Å². The monoisotopic (exact) mass is 268 g/mol. The summed E-state index contributed by atoms with van der Waals surface area (Å²) in [5, 5.41) is 8.92. The van der Waals surface area contributed by atoms with Crippen molar-refractivity contribution in [3.8, 4) is 0 Å². The van der Waals surface area contributed by atoms with E-state index in [1.54, 1.807) is 12.1 Å². The van der Waals surface area contributed by atoms with Crippen molar-refractivity contribution >= 4 is 23.6 Å². The molecule has 1 aromatic carbocycles. The number of allylic oxidation sites excluding steroid dienone is 1. The van der Waals surface area contributed by atoms with Crippen molar-refractivity contribution in [3.05, 3.63) is 64.6 Å². The van der Waals surface area contributed by atoms with Crippen molar-refractivity contribution < 1.29 is 23.9 Å². The van der Waals surface area contributed by atoms with Crippen LogP contribution in [0, 0.1) is 0 Å². The molecule has 0 unspecified atom stereocenters. The number of hydrogen-bond acceptors (Lipinski definition) is 4. The Morgan fingerprint density at radius 2 is 1.85 bits per heavy atom. The number of carbonyl (C=O) groups is 3. The highest BCUT2D eigenvalue weighted by Crippen LogP contribution is 2.28. The third kappa shape index (κ3) is 1.76. The standard InChI is InChI=1S/C15H8O5/c16-13-10-4-3-8(15(18)19)6-11(10)14(17)12(13)7-9-2-1-5-20-9/h1-7H,(H,18,19)/b12-7+. The third-order valence-corrected chi connectivity index (χ3v) is 3.07. The molecule has 3 rings (SSSR count). The van der Waals surface area contributed by atoms with Gasteiger partial charge in [-0.2, -0.15) is 0 Å². The van der Waals surface area contributed by atoms with Gasteiger partial charge in [0.1, 0.15) is 5.76 Å². The lowest BCUT2D eigenvalue weighted by molar-refractivity contribution is 0.0696. The number of carboxylic acid groups (broad SMARTS) is 1. The quantitative estimate of drug-likeness (QED) is 0.668. The molecule has 1 heterocycles. The van der Waals surface area contributed by atoms with Crippen molar-refractivity contribution in [2.24, 2.45) is 0 Å². The third-order valence-electron chi connectivity index (χ3n) is 3.07. The fourth-order valence-electron chi connectivity index (χ4n) is 2.10. The first-order chi connectivity index (χ1) is 9.58. The minimum absolute atomic E-state index is 0.0162. The Balaban J connectivity index is 2.10. The first kappa shape index (κ1) is 12.1. The molecule has 5 heteroatoms. The second-order valence-electron chi connectivity index (χ2n) is 4.30. The molecule has 1 aliphatic carbocycles. The van der Waals surface area contributed by atoms with Crippen LogP contribution < -0.4 is 0 Å². The average Bonchev–Trinajstić information content (AvgIpc) is 3.02. The minimum atomic E-state index is -1.14. The van der Waals surface area contributed by atoms with Gasteiger partial charge in [-0.25, -0.2) is 4.79 Å². The summed E-state index contributed by atoms with van der Waals surface area (Å²) in [7, 11) is 0. The maximum Gasteiger partial charge on any atom is 0.335 e. The van der Waals surface area contributed by atoms with E-state index in [2.05, 4.69) is 0 Å². The van der Waals surface area contributed by atoms with Crippen molar-refractivity contribution in [1.82, 2.24) is 0 Å². The van der Waals surface area contributed by atoms with Crippen LogP contribution in [0.15, 0.2) is 46.6 Å². The second-order valence-corrected chi connectivity index (χ2v) is 4.30. The molecule has 5 nitrogen and oxygen atoms in total. The maximum atomic E-state index is 12.2. The van der Waals surface area contributed by atoms with Crippen LogP contribution in [0.25, 0.3) is 6.08 Å². The Morgan fingerprint density at radius 3 is 2.50 bits per heavy atom. The fraction of sp³-hybridized carbons (Fsp3) is 0. The largest absolute Gasteiger partial charge is 0.478 e. The zero-order chi connectivity index (χ0) is 14.3. The summed E-state index contributed by atoms with van der Waals surface area (Å²) in [6.45, 7) is 0. The van der Waals surface area contributed by atoms with E-state index in [0.717, 1.165) is 0 Å². The normalized spacial score (nSPS) is 15.7. The molecule has 2 aromatic rings. The number of Topliss-reactive ketones (excluding diaryl/α,β-unsaturated/α-hetero) is 2. The van der Waals surface area contributed by atoms with Crippen LogP contribution in [0.2, 0.25) is 0 Å². The summed E-state index contributed by atoms with van der Waals surface area (Å²) >= 11 is 0. The number of carbonyl (C=O) groups excluding carboxylic acids is 2. The summed E-state index contributed by atoms with van der Waals surface area (Å²) in [6.07, 6.45) is 2.80. The van der Waals surface area contributed by atoms with E-state index in [1.807, 2.05) is 0 Å². The van der Waals surface area contributed by atoms with E-state index < -0.39 is 17.5 Å². The molecule has 1 N–H and O–H groups in total. The number of rotatable bonds is 2. The van der Waals surface area contributed by atoms with E-state index in [4.69, 9.17) is 9.52 Å². The Hall–Kier alpha value is -2.95. The van der Waals surface area contributed by atoms with Crippen molar-refractivity contribution in [3.63, 3.8) is 0 Å². The Morgan fingerprint density at radius 1 is 1.10 bits per heavy atom. The zero-order valence-electron chi connectivity index (χ0n) is 10.1. The molecule has 0 fully saturated rings. The number of aromatic carboxylic acids is 1. The molecular weight excluding hydrogens is 260 g/mol. The first-order valence-corrected chi connectivity index (χ1v) is 5.80. The van der Waals surface area contributed by atoms with Crippen LogP contribution >= 0.6 is 0 Å².